The highest BCUT2D eigenvalue weighted by atomic mass is 16.6. The number of anilines is 1. The number of nitrogens with two attached hydrogens (primary N) is 1. The Morgan fingerprint density at radius 2 is 2.26 bits per heavy atom. The summed E-state index contributed by atoms with van der Waals surface area (Å²) in [6.07, 6.45) is 1.12. The number of esters is 1. The van der Waals surface area contributed by atoms with Crippen molar-refractivity contribution in [2.24, 2.45) is 0 Å². The van der Waals surface area contributed by atoms with Gasteiger partial charge in [0.2, 0.25) is 0 Å². The van der Waals surface area contributed by atoms with Crippen LogP contribution in [-0.2, 0) is 4.74 Å². The van der Waals surface area contributed by atoms with Crippen molar-refractivity contribution in [3.05, 3.63) is 35.7 Å². The molecule has 0 amide bonds. The van der Waals surface area contributed by atoms with E-state index in [4.69, 9.17) is 19.6 Å². The van der Waals surface area contributed by atoms with E-state index in [1.807, 2.05) is 13.0 Å². The smallest absolute Gasteiger partial charge is 0.399 e. The number of nitrogen functional groups attached to an aromatic ring is 1. The second-order valence-electron chi connectivity index (χ2n) is 3.86. The number of carbonyl (C=O) groups excluding carboxylic acids is 1. The van der Waals surface area contributed by atoms with Crippen LogP contribution in [0.2, 0.25) is 0 Å². The van der Waals surface area contributed by atoms with E-state index in [9.17, 15) is 4.79 Å². The predicted octanol–water partition coefficient (Wildman–Crippen LogP) is 2.53. The van der Waals surface area contributed by atoms with Gasteiger partial charge in [-0.1, -0.05) is 6.07 Å². The predicted molar refractivity (Wildman–Crippen MR) is 68.1 cm³/mol. The molecular formula is C13H14N2O4. The summed E-state index contributed by atoms with van der Waals surface area (Å²) < 4.78 is 15.2. The van der Waals surface area contributed by atoms with Crippen LogP contribution in [0.5, 0.6) is 11.8 Å². The number of oxazole rings is 1. The molecule has 0 aliphatic heterocycles. The lowest BCUT2D eigenvalue weighted by molar-refractivity contribution is 0.0519. The van der Waals surface area contributed by atoms with Crippen LogP contribution in [0.25, 0.3) is 0 Å². The summed E-state index contributed by atoms with van der Waals surface area (Å²) in [5.41, 5.74) is 7.27. The lowest BCUT2D eigenvalue weighted by atomic mass is 10.2. The summed E-state index contributed by atoms with van der Waals surface area (Å²) in [7, 11) is 0. The summed E-state index contributed by atoms with van der Waals surface area (Å²) in [5.74, 6) is -0.129. The molecule has 100 valence electrons. The van der Waals surface area contributed by atoms with Crippen LogP contribution in [0.3, 0.4) is 0 Å². The van der Waals surface area contributed by atoms with Crippen molar-refractivity contribution in [2.45, 2.75) is 13.8 Å². The Hall–Kier alpha value is -2.50. The molecule has 0 atom stereocenters. The molecule has 0 fully saturated rings. The van der Waals surface area contributed by atoms with Crippen molar-refractivity contribution in [3.63, 3.8) is 0 Å². The molecule has 0 aliphatic carbocycles. The molecule has 1 aromatic carbocycles. The molecule has 6 heteroatoms. The Bertz CT molecular complexity index is 592. The fourth-order valence-corrected chi connectivity index (χ4v) is 1.43. The summed E-state index contributed by atoms with van der Waals surface area (Å²) in [4.78, 5) is 15.3. The van der Waals surface area contributed by atoms with Crippen LogP contribution in [0.1, 0.15) is 23.0 Å². The molecule has 0 saturated heterocycles. The molecule has 2 aromatic rings. The third-order valence-corrected chi connectivity index (χ3v) is 2.33. The van der Waals surface area contributed by atoms with Crippen LogP contribution in [0, 0.1) is 6.92 Å². The Morgan fingerprint density at radius 1 is 1.47 bits per heavy atom. The molecule has 2 rings (SSSR count). The lowest BCUT2D eigenvalue weighted by Gasteiger charge is -2.05. The lowest BCUT2D eigenvalue weighted by Crippen LogP contribution is -2.04. The first kappa shape index (κ1) is 12.9. The largest absolute Gasteiger partial charge is 0.461 e. The van der Waals surface area contributed by atoms with Gasteiger partial charge in [-0.15, -0.1) is 0 Å². The molecule has 1 aromatic heterocycles. The minimum absolute atomic E-state index is 0.0552. The highest BCUT2D eigenvalue weighted by Gasteiger charge is 2.15. The van der Waals surface area contributed by atoms with Gasteiger partial charge in [-0.2, -0.15) is 4.98 Å². The highest BCUT2D eigenvalue weighted by molar-refractivity contribution is 5.86. The number of hydrogen-bond donors (Lipinski definition) is 1. The van der Waals surface area contributed by atoms with Gasteiger partial charge in [0.1, 0.15) is 6.26 Å². The van der Waals surface area contributed by atoms with Crippen LogP contribution in [-0.4, -0.2) is 17.6 Å². The topological polar surface area (TPSA) is 87.6 Å². The second-order valence-corrected chi connectivity index (χ2v) is 3.86. The second kappa shape index (κ2) is 5.43. The van der Waals surface area contributed by atoms with E-state index in [0.29, 0.717) is 11.4 Å². The van der Waals surface area contributed by atoms with Crippen molar-refractivity contribution in [1.82, 2.24) is 4.98 Å². The van der Waals surface area contributed by atoms with Gasteiger partial charge in [0, 0.05) is 0 Å². The standard InChI is InChI=1S/C13H14N2O4/c1-3-17-12(16)10-7-18-13(15-10)19-11-6-8(2)4-5-9(11)14/h4-7H,3,14H2,1-2H3. The van der Waals surface area contributed by atoms with Crippen LogP contribution in [0.15, 0.2) is 28.9 Å². The first-order chi connectivity index (χ1) is 9.10. The minimum Gasteiger partial charge on any atom is -0.461 e. The van der Waals surface area contributed by atoms with Gasteiger partial charge in [0.05, 0.1) is 12.3 Å². The maximum Gasteiger partial charge on any atom is 0.399 e. The molecule has 0 saturated carbocycles. The van der Waals surface area contributed by atoms with Gasteiger partial charge in [0.15, 0.2) is 11.4 Å². The highest BCUT2D eigenvalue weighted by Crippen LogP contribution is 2.27. The number of rotatable bonds is 4. The maximum absolute atomic E-state index is 11.4. The molecule has 0 spiro atoms. The average Bonchev–Trinajstić information content (AvgIpc) is 2.83. The number of aryl methyl sites for hydroxylation is 1. The molecule has 0 radical (unpaired) electrons. The Morgan fingerprint density at radius 3 is 3.00 bits per heavy atom. The Labute approximate surface area is 110 Å². The molecule has 0 aliphatic rings. The molecule has 2 N–H and O–H groups in total. The monoisotopic (exact) mass is 262 g/mol. The summed E-state index contributed by atoms with van der Waals surface area (Å²) in [6, 6.07) is 5.34. The Balaban J connectivity index is 2.15. The van der Waals surface area contributed by atoms with Gasteiger partial charge in [-0.05, 0) is 31.5 Å². The number of hydrogen-bond acceptors (Lipinski definition) is 6. The molecule has 19 heavy (non-hydrogen) atoms. The van der Waals surface area contributed by atoms with E-state index >= 15 is 0 Å². The van der Waals surface area contributed by atoms with Crippen LogP contribution >= 0.6 is 0 Å². The number of aromatic nitrogens is 1. The van der Waals surface area contributed by atoms with Crippen LogP contribution in [0.4, 0.5) is 5.69 Å². The van der Waals surface area contributed by atoms with Crippen molar-refractivity contribution < 1.29 is 18.7 Å². The summed E-state index contributed by atoms with van der Waals surface area (Å²) in [6.45, 7) is 3.89. The van der Waals surface area contributed by atoms with Crippen molar-refractivity contribution in [2.75, 3.05) is 12.3 Å². The summed E-state index contributed by atoms with van der Waals surface area (Å²) >= 11 is 0. The van der Waals surface area contributed by atoms with Gasteiger partial charge >= 0.3 is 12.0 Å². The van der Waals surface area contributed by atoms with E-state index in [2.05, 4.69) is 4.98 Å². The quantitative estimate of drug-likeness (QED) is 0.673. The third kappa shape index (κ3) is 3.04. The molecular weight excluding hydrogens is 248 g/mol. The first-order valence-corrected chi connectivity index (χ1v) is 5.76. The van der Waals surface area contributed by atoms with Crippen molar-refractivity contribution in [3.8, 4) is 11.8 Å². The zero-order chi connectivity index (χ0) is 13.8. The van der Waals surface area contributed by atoms with Gasteiger partial charge in [-0.25, -0.2) is 4.79 Å². The van der Waals surface area contributed by atoms with E-state index in [0.717, 1.165) is 5.56 Å². The first-order valence-electron chi connectivity index (χ1n) is 5.76. The zero-order valence-corrected chi connectivity index (χ0v) is 10.7. The molecule has 1 heterocycles. The minimum atomic E-state index is -0.557. The SMILES string of the molecule is CCOC(=O)c1coc(Oc2cc(C)ccc2N)n1. The molecule has 0 unspecified atom stereocenters. The summed E-state index contributed by atoms with van der Waals surface area (Å²) in [5, 5.41) is 0. The third-order valence-electron chi connectivity index (χ3n) is 2.33. The van der Waals surface area contributed by atoms with Gasteiger partial charge in [-0.3, -0.25) is 0 Å². The van der Waals surface area contributed by atoms with E-state index < -0.39 is 5.97 Å². The molecule has 0 bridgehead atoms. The van der Waals surface area contributed by atoms with Crippen molar-refractivity contribution in [1.29, 1.82) is 0 Å². The van der Waals surface area contributed by atoms with Crippen molar-refractivity contribution >= 4 is 11.7 Å². The van der Waals surface area contributed by atoms with Gasteiger partial charge in [0.25, 0.3) is 0 Å². The Kier molecular flexibility index (Phi) is 3.70. The molecule has 6 nitrogen and oxygen atoms in total. The number of nitrogens with zero attached hydrogens (tertiary/aromatic N) is 1. The number of ether oxygens (including phenoxy) is 2. The average molecular weight is 262 g/mol. The fourth-order valence-electron chi connectivity index (χ4n) is 1.43. The van der Waals surface area contributed by atoms with E-state index in [1.165, 1.54) is 6.26 Å². The number of carbonyl (C=O) groups is 1. The van der Waals surface area contributed by atoms with E-state index in [-0.39, 0.29) is 18.4 Å². The van der Waals surface area contributed by atoms with Gasteiger partial charge < -0.3 is 19.6 Å². The van der Waals surface area contributed by atoms with Crippen LogP contribution < -0.4 is 10.5 Å². The number of benzene rings is 1. The zero-order valence-electron chi connectivity index (χ0n) is 10.7. The fraction of sp³-hybridized carbons (Fsp3) is 0.231. The normalized spacial score (nSPS) is 10.2. The maximum atomic E-state index is 11.4. The van der Waals surface area contributed by atoms with E-state index in [1.54, 1.807) is 19.1 Å².